The molecule has 1 aliphatic carbocycles. The molecule has 2 N–H and O–H groups in total. The molecule has 0 spiro atoms. The maximum Gasteiger partial charge on any atom is 0.242 e. The van der Waals surface area contributed by atoms with E-state index in [1.807, 2.05) is 4.90 Å². The maximum absolute atomic E-state index is 12.0. The van der Waals surface area contributed by atoms with Crippen LogP contribution in [0.15, 0.2) is 0 Å². The van der Waals surface area contributed by atoms with Gasteiger partial charge in [0.1, 0.15) is 0 Å². The molecule has 0 aromatic rings. The van der Waals surface area contributed by atoms with Crippen molar-refractivity contribution in [3.8, 4) is 0 Å². The Bertz CT molecular complexity index is 261. The smallest absolute Gasteiger partial charge is 0.242 e. The standard InChI is InChI=1S/C11H20N2O2/c1-8(2)9-7-13(5-6-15-9)10(14)11(12)3-4-11/h8-9H,3-7,12H2,1-2H3. The summed E-state index contributed by atoms with van der Waals surface area (Å²) in [7, 11) is 0. The van der Waals surface area contributed by atoms with Crippen LogP contribution in [0.4, 0.5) is 0 Å². The predicted octanol–water partition coefficient (Wildman–Crippen LogP) is 0.361. The summed E-state index contributed by atoms with van der Waals surface area (Å²) in [6.45, 7) is 6.28. The monoisotopic (exact) mass is 212 g/mol. The molecule has 4 nitrogen and oxygen atoms in total. The van der Waals surface area contributed by atoms with E-state index in [9.17, 15) is 4.79 Å². The topological polar surface area (TPSA) is 55.6 Å². The van der Waals surface area contributed by atoms with Crippen molar-refractivity contribution in [3.05, 3.63) is 0 Å². The van der Waals surface area contributed by atoms with Crippen LogP contribution in [0.1, 0.15) is 26.7 Å². The van der Waals surface area contributed by atoms with Gasteiger partial charge in [-0.15, -0.1) is 0 Å². The summed E-state index contributed by atoms with van der Waals surface area (Å²) in [5, 5.41) is 0. The third-order valence-corrected chi connectivity index (χ3v) is 3.34. The third-order valence-electron chi connectivity index (χ3n) is 3.34. The van der Waals surface area contributed by atoms with Gasteiger partial charge >= 0.3 is 0 Å². The number of morpholine rings is 1. The van der Waals surface area contributed by atoms with Crippen molar-refractivity contribution in [2.24, 2.45) is 11.7 Å². The molecule has 2 rings (SSSR count). The first kappa shape index (κ1) is 10.9. The van der Waals surface area contributed by atoms with Crippen molar-refractivity contribution in [2.45, 2.75) is 38.3 Å². The lowest BCUT2D eigenvalue weighted by Gasteiger charge is -2.36. The number of carbonyl (C=O) groups excluding carboxylic acids is 1. The second-order valence-electron chi connectivity index (χ2n) is 5.06. The largest absolute Gasteiger partial charge is 0.374 e. The molecule has 1 atom stereocenters. The second-order valence-corrected chi connectivity index (χ2v) is 5.06. The van der Waals surface area contributed by atoms with Gasteiger partial charge in [0.05, 0.1) is 18.2 Å². The van der Waals surface area contributed by atoms with E-state index in [4.69, 9.17) is 10.5 Å². The Morgan fingerprint density at radius 2 is 2.20 bits per heavy atom. The molecule has 2 fully saturated rings. The number of amides is 1. The highest BCUT2D eigenvalue weighted by Gasteiger charge is 2.48. The molecule has 0 bridgehead atoms. The van der Waals surface area contributed by atoms with Crippen LogP contribution in [0.2, 0.25) is 0 Å². The van der Waals surface area contributed by atoms with Crippen LogP contribution in [0.25, 0.3) is 0 Å². The summed E-state index contributed by atoms with van der Waals surface area (Å²) in [4.78, 5) is 13.9. The quantitative estimate of drug-likeness (QED) is 0.719. The summed E-state index contributed by atoms with van der Waals surface area (Å²) in [5.74, 6) is 0.574. The van der Waals surface area contributed by atoms with Gasteiger partial charge in [0.15, 0.2) is 0 Å². The molecule has 2 aliphatic rings. The normalized spacial score (nSPS) is 29.3. The van der Waals surface area contributed by atoms with E-state index in [0.29, 0.717) is 25.6 Å². The van der Waals surface area contributed by atoms with Crippen LogP contribution in [0, 0.1) is 5.92 Å². The van der Waals surface area contributed by atoms with Gasteiger partial charge in [-0.25, -0.2) is 0 Å². The minimum Gasteiger partial charge on any atom is -0.374 e. The van der Waals surface area contributed by atoms with Gasteiger partial charge in [0, 0.05) is 13.1 Å². The van der Waals surface area contributed by atoms with E-state index in [0.717, 1.165) is 12.8 Å². The highest BCUT2D eigenvalue weighted by Crippen LogP contribution is 2.34. The van der Waals surface area contributed by atoms with Crippen LogP contribution >= 0.6 is 0 Å². The van der Waals surface area contributed by atoms with Crippen molar-refractivity contribution in [2.75, 3.05) is 19.7 Å². The average Bonchev–Trinajstić information content (AvgIpc) is 2.97. The molecule has 1 unspecified atom stereocenters. The summed E-state index contributed by atoms with van der Waals surface area (Å²) in [6, 6.07) is 0. The number of nitrogens with two attached hydrogens (primary N) is 1. The molecular weight excluding hydrogens is 192 g/mol. The molecular formula is C11H20N2O2. The lowest BCUT2D eigenvalue weighted by Crippen LogP contribution is -2.53. The first-order chi connectivity index (χ1) is 7.03. The van der Waals surface area contributed by atoms with Crippen LogP contribution < -0.4 is 5.73 Å². The number of rotatable bonds is 2. The summed E-state index contributed by atoms with van der Waals surface area (Å²) in [6.07, 6.45) is 1.86. The fraction of sp³-hybridized carbons (Fsp3) is 0.909. The van der Waals surface area contributed by atoms with E-state index in [1.165, 1.54) is 0 Å². The zero-order chi connectivity index (χ0) is 11.1. The fourth-order valence-corrected chi connectivity index (χ4v) is 1.93. The molecule has 1 aliphatic heterocycles. The molecule has 1 heterocycles. The number of carbonyl (C=O) groups is 1. The molecule has 1 saturated heterocycles. The van der Waals surface area contributed by atoms with Crippen molar-refractivity contribution in [3.63, 3.8) is 0 Å². The molecule has 15 heavy (non-hydrogen) atoms. The van der Waals surface area contributed by atoms with Crippen molar-refractivity contribution in [1.82, 2.24) is 4.90 Å². The second kappa shape index (κ2) is 3.76. The van der Waals surface area contributed by atoms with Crippen molar-refractivity contribution in [1.29, 1.82) is 0 Å². The Kier molecular flexibility index (Phi) is 2.73. The fourth-order valence-electron chi connectivity index (χ4n) is 1.93. The molecule has 0 aromatic heterocycles. The number of hydrogen-bond donors (Lipinski definition) is 1. The van der Waals surface area contributed by atoms with Crippen LogP contribution in [-0.2, 0) is 9.53 Å². The van der Waals surface area contributed by atoms with E-state index >= 15 is 0 Å². The van der Waals surface area contributed by atoms with E-state index < -0.39 is 5.54 Å². The molecule has 1 amide bonds. The number of hydrogen-bond acceptors (Lipinski definition) is 3. The van der Waals surface area contributed by atoms with E-state index in [1.54, 1.807) is 0 Å². The molecule has 4 heteroatoms. The Labute approximate surface area is 90.8 Å². The molecule has 0 aromatic carbocycles. The molecule has 1 saturated carbocycles. The SMILES string of the molecule is CC(C)C1CN(C(=O)C2(N)CC2)CCO1. The highest BCUT2D eigenvalue weighted by molar-refractivity contribution is 5.89. The van der Waals surface area contributed by atoms with Gasteiger partial charge in [0.2, 0.25) is 5.91 Å². The van der Waals surface area contributed by atoms with Crippen LogP contribution in [0.5, 0.6) is 0 Å². The minimum absolute atomic E-state index is 0.122. The maximum atomic E-state index is 12.0. The predicted molar refractivity (Wildman–Crippen MR) is 57.3 cm³/mol. The molecule has 86 valence electrons. The van der Waals surface area contributed by atoms with Gasteiger partial charge in [-0.05, 0) is 18.8 Å². The summed E-state index contributed by atoms with van der Waals surface area (Å²) >= 11 is 0. The third kappa shape index (κ3) is 2.16. The zero-order valence-electron chi connectivity index (χ0n) is 9.53. The number of ether oxygens (including phenoxy) is 1. The Balaban J connectivity index is 1.95. The number of nitrogens with zero attached hydrogens (tertiary/aromatic N) is 1. The first-order valence-electron chi connectivity index (χ1n) is 5.73. The van der Waals surface area contributed by atoms with Gasteiger partial charge < -0.3 is 15.4 Å². The van der Waals surface area contributed by atoms with Gasteiger partial charge in [-0.1, -0.05) is 13.8 Å². The van der Waals surface area contributed by atoms with E-state index in [-0.39, 0.29) is 12.0 Å². The Morgan fingerprint density at radius 3 is 2.73 bits per heavy atom. The lowest BCUT2D eigenvalue weighted by molar-refractivity contribution is -0.142. The minimum atomic E-state index is -0.529. The zero-order valence-corrected chi connectivity index (χ0v) is 9.53. The van der Waals surface area contributed by atoms with Crippen LogP contribution in [-0.4, -0.2) is 42.1 Å². The lowest BCUT2D eigenvalue weighted by atomic mass is 10.0. The Morgan fingerprint density at radius 1 is 1.53 bits per heavy atom. The van der Waals surface area contributed by atoms with Gasteiger partial charge in [-0.3, -0.25) is 4.79 Å². The van der Waals surface area contributed by atoms with Crippen molar-refractivity contribution < 1.29 is 9.53 Å². The van der Waals surface area contributed by atoms with Gasteiger partial charge in [0.25, 0.3) is 0 Å². The summed E-state index contributed by atoms with van der Waals surface area (Å²) < 4.78 is 5.62. The first-order valence-corrected chi connectivity index (χ1v) is 5.73. The highest BCUT2D eigenvalue weighted by atomic mass is 16.5. The van der Waals surface area contributed by atoms with Crippen molar-refractivity contribution >= 4 is 5.91 Å². The summed E-state index contributed by atoms with van der Waals surface area (Å²) in [5.41, 5.74) is 5.38. The Hall–Kier alpha value is -0.610. The average molecular weight is 212 g/mol. The molecule has 0 radical (unpaired) electrons. The van der Waals surface area contributed by atoms with E-state index in [2.05, 4.69) is 13.8 Å². The van der Waals surface area contributed by atoms with Crippen LogP contribution in [0.3, 0.4) is 0 Å². The van der Waals surface area contributed by atoms with Gasteiger partial charge in [-0.2, -0.15) is 0 Å².